The van der Waals surface area contributed by atoms with Gasteiger partial charge >= 0.3 is 0 Å². The molecule has 1 N–H and O–H groups in total. The summed E-state index contributed by atoms with van der Waals surface area (Å²) >= 11 is 9.59. The normalized spacial score (nSPS) is 14.2. The van der Waals surface area contributed by atoms with E-state index in [1.807, 2.05) is 12.1 Å². The molecule has 1 aliphatic heterocycles. The summed E-state index contributed by atoms with van der Waals surface area (Å²) in [6, 6.07) is 13.7. The molecule has 0 saturated carbocycles. The Hall–Kier alpha value is -1.95. The lowest BCUT2D eigenvalue weighted by Crippen LogP contribution is -2.35. The monoisotopic (exact) mass is 443 g/mol. The van der Waals surface area contributed by atoms with Crippen molar-refractivity contribution in [1.29, 1.82) is 0 Å². The lowest BCUT2D eigenvalue weighted by atomic mass is 10.0. The Labute approximate surface area is 171 Å². The SMILES string of the molecule is Cc1ccc(CN2CCc3nc(-c4ccc(Cl)cc4)[nH]c(=O)c3C2)c(Br)c1. The van der Waals surface area contributed by atoms with Crippen molar-refractivity contribution in [3.05, 3.63) is 84.7 Å². The second-order valence-corrected chi connectivity index (χ2v) is 8.19. The Kier molecular flexibility index (Phi) is 5.17. The number of nitrogens with one attached hydrogen (secondary N) is 1. The van der Waals surface area contributed by atoms with Gasteiger partial charge < -0.3 is 4.98 Å². The molecule has 0 atom stereocenters. The molecule has 0 spiro atoms. The van der Waals surface area contributed by atoms with Gasteiger partial charge in [0.2, 0.25) is 0 Å². The number of aromatic nitrogens is 2. The van der Waals surface area contributed by atoms with E-state index < -0.39 is 0 Å². The number of nitrogens with zero attached hydrogens (tertiary/aromatic N) is 2. The van der Waals surface area contributed by atoms with Crippen LogP contribution in [0, 0.1) is 6.92 Å². The summed E-state index contributed by atoms with van der Waals surface area (Å²) in [7, 11) is 0. The molecule has 0 bridgehead atoms. The van der Waals surface area contributed by atoms with Gasteiger partial charge in [-0.1, -0.05) is 39.7 Å². The second kappa shape index (κ2) is 7.58. The quantitative estimate of drug-likeness (QED) is 0.636. The van der Waals surface area contributed by atoms with Gasteiger partial charge in [-0.2, -0.15) is 0 Å². The molecule has 27 heavy (non-hydrogen) atoms. The highest BCUT2D eigenvalue weighted by molar-refractivity contribution is 9.10. The van der Waals surface area contributed by atoms with Crippen LogP contribution >= 0.6 is 27.5 Å². The molecular formula is C21H19BrClN3O. The van der Waals surface area contributed by atoms with Crippen molar-refractivity contribution in [2.75, 3.05) is 6.54 Å². The average Bonchev–Trinajstić information content (AvgIpc) is 2.65. The number of hydrogen-bond acceptors (Lipinski definition) is 3. The van der Waals surface area contributed by atoms with Crippen molar-refractivity contribution in [1.82, 2.24) is 14.9 Å². The molecule has 0 aliphatic carbocycles. The maximum absolute atomic E-state index is 12.7. The molecule has 1 aromatic heterocycles. The zero-order valence-electron chi connectivity index (χ0n) is 14.9. The molecule has 138 valence electrons. The van der Waals surface area contributed by atoms with Gasteiger partial charge in [0, 0.05) is 41.1 Å². The van der Waals surface area contributed by atoms with E-state index in [2.05, 4.69) is 50.9 Å². The van der Waals surface area contributed by atoms with Crippen molar-refractivity contribution in [2.45, 2.75) is 26.4 Å². The van der Waals surface area contributed by atoms with Crippen LogP contribution in [0.25, 0.3) is 11.4 Å². The first-order chi connectivity index (χ1) is 13.0. The van der Waals surface area contributed by atoms with Crippen molar-refractivity contribution >= 4 is 27.5 Å². The van der Waals surface area contributed by atoms with Crippen LogP contribution in [-0.2, 0) is 19.5 Å². The summed E-state index contributed by atoms with van der Waals surface area (Å²) in [5, 5.41) is 0.664. The molecule has 4 nitrogen and oxygen atoms in total. The van der Waals surface area contributed by atoms with E-state index in [4.69, 9.17) is 16.6 Å². The number of H-pyrrole nitrogens is 1. The van der Waals surface area contributed by atoms with E-state index in [0.717, 1.165) is 40.8 Å². The van der Waals surface area contributed by atoms with E-state index in [-0.39, 0.29) is 5.56 Å². The Morgan fingerprint density at radius 3 is 2.74 bits per heavy atom. The lowest BCUT2D eigenvalue weighted by Gasteiger charge is -2.28. The number of benzene rings is 2. The summed E-state index contributed by atoms with van der Waals surface area (Å²) in [6.45, 7) is 4.37. The van der Waals surface area contributed by atoms with Crippen LogP contribution in [-0.4, -0.2) is 21.4 Å². The molecule has 0 unspecified atom stereocenters. The van der Waals surface area contributed by atoms with E-state index >= 15 is 0 Å². The molecule has 4 rings (SSSR count). The smallest absolute Gasteiger partial charge is 0.255 e. The van der Waals surface area contributed by atoms with Crippen LogP contribution in [0.1, 0.15) is 22.4 Å². The van der Waals surface area contributed by atoms with Crippen LogP contribution in [0.15, 0.2) is 51.7 Å². The van der Waals surface area contributed by atoms with E-state index in [1.54, 1.807) is 12.1 Å². The zero-order valence-corrected chi connectivity index (χ0v) is 17.3. The Balaban J connectivity index is 1.58. The number of aromatic amines is 1. The molecular weight excluding hydrogens is 426 g/mol. The van der Waals surface area contributed by atoms with Crippen molar-refractivity contribution < 1.29 is 0 Å². The third-order valence-corrected chi connectivity index (χ3v) is 5.86. The molecule has 2 aromatic carbocycles. The average molecular weight is 445 g/mol. The molecule has 0 fully saturated rings. The molecule has 2 heterocycles. The minimum atomic E-state index is -0.0578. The number of hydrogen-bond donors (Lipinski definition) is 1. The van der Waals surface area contributed by atoms with E-state index in [9.17, 15) is 4.79 Å². The van der Waals surface area contributed by atoms with Crippen LogP contribution in [0.3, 0.4) is 0 Å². The summed E-state index contributed by atoms with van der Waals surface area (Å²) in [4.78, 5) is 22.6. The fraction of sp³-hybridized carbons (Fsp3) is 0.238. The summed E-state index contributed by atoms with van der Waals surface area (Å²) in [6.07, 6.45) is 0.767. The maximum atomic E-state index is 12.7. The Morgan fingerprint density at radius 1 is 1.22 bits per heavy atom. The molecule has 0 radical (unpaired) electrons. The first-order valence-electron chi connectivity index (χ1n) is 8.85. The second-order valence-electron chi connectivity index (χ2n) is 6.90. The molecule has 1 aliphatic rings. The van der Waals surface area contributed by atoms with Crippen LogP contribution < -0.4 is 5.56 Å². The van der Waals surface area contributed by atoms with Crippen LogP contribution in [0.4, 0.5) is 0 Å². The summed E-state index contributed by atoms with van der Waals surface area (Å²) in [5.74, 6) is 0.602. The van der Waals surface area contributed by atoms with Crippen LogP contribution in [0.5, 0.6) is 0 Å². The zero-order chi connectivity index (χ0) is 19.0. The van der Waals surface area contributed by atoms with Gasteiger partial charge in [0.05, 0.1) is 11.3 Å². The van der Waals surface area contributed by atoms with Crippen LogP contribution in [0.2, 0.25) is 5.02 Å². The first kappa shape index (κ1) is 18.4. The lowest BCUT2D eigenvalue weighted by molar-refractivity contribution is 0.241. The molecule has 0 saturated heterocycles. The fourth-order valence-corrected chi connectivity index (χ4v) is 4.13. The minimum Gasteiger partial charge on any atom is -0.306 e. The highest BCUT2D eigenvalue weighted by atomic mass is 79.9. The molecule has 6 heteroatoms. The maximum Gasteiger partial charge on any atom is 0.255 e. The topological polar surface area (TPSA) is 49.0 Å². The Bertz CT molecular complexity index is 1050. The molecule has 0 amide bonds. The van der Waals surface area contributed by atoms with Crippen molar-refractivity contribution in [2.24, 2.45) is 0 Å². The predicted octanol–water partition coefficient (Wildman–Crippen LogP) is 4.72. The largest absolute Gasteiger partial charge is 0.306 e. The summed E-state index contributed by atoms with van der Waals surface area (Å²) in [5.41, 5.74) is 4.92. The van der Waals surface area contributed by atoms with Crippen molar-refractivity contribution in [3.8, 4) is 11.4 Å². The Morgan fingerprint density at radius 2 is 2.00 bits per heavy atom. The number of halogens is 2. The third-order valence-electron chi connectivity index (χ3n) is 4.87. The highest BCUT2D eigenvalue weighted by Gasteiger charge is 2.22. The third kappa shape index (κ3) is 4.00. The van der Waals surface area contributed by atoms with Gasteiger partial charge in [0.15, 0.2) is 0 Å². The standard InChI is InChI=1S/C21H19BrClN3O/c1-13-2-3-15(18(22)10-13)11-26-9-8-19-17(12-26)21(27)25-20(24-19)14-4-6-16(23)7-5-14/h2-7,10H,8-9,11-12H2,1H3,(H,24,25,27). The minimum absolute atomic E-state index is 0.0578. The predicted molar refractivity (Wildman–Crippen MR) is 112 cm³/mol. The van der Waals surface area contributed by atoms with Gasteiger partial charge in [-0.15, -0.1) is 0 Å². The summed E-state index contributed by atoms with van der Waals surface area (Å²) < 4.78 is 1.11. The highest BCUT2D eigenvalue weighted by Crippen LogP contribution is 2.24. The molecule has 3 aromatic rings. The van der Waals surface area contributed by atoms with E-state index in [0.29, 0.717) is 17.4 Å². The number of fused-ring (bicyclic) bond motifs is 1. The number of rotatable bonds is 3. The van der Waals surface area contributed by atoms with E-state index in [1.165, 1.54) is 11.1 Å². The first-order valence-corrected chi connectivity index (χ1v) is 10.0. The number of aryl methyl sites for hydroxylation is 1. The van der Waals surface area contributed by atoms with Gasteiger partial charge in [0.25, 0.3) is 5.56 Å². The van der Waals surface area contributed by atoms with Gasteiger partial charge in [-0.3, -0.25) is 9.69 Å². The van der Waals surface area contributed by atoms with Gasteiger partial charge in [0.1, 0.15) is 5.82 Å². The van der Waals surface area contributed by atoms with Gasteiger partial charge in [-0.25, -0.2) is 4.98 Å². The van der Waals surface area contributed by atoms with Crippen molar-refractivity contribution in [3.63, 3.8) is 0 Å². The fourth-order valence-electron chi connectivity index (χ4n) is 3.38. The van der Waals surface area contributed by atoms with Gasteiger partial charge in [-0.05, 0) is 48.4 Å².